The van der Waals surface area contributed by atoms with Crippen LogP contribution in [0.4, 0.5) is 0 Å². The minimum absolute atomic E-state index is 0.299. The van der Waals surface area contributed by atoms with E-state index in [1.165, 1.54) is 5.56 Å². The van der Waals surface area contributed by atoms with Crippen molar-refractivity contribution in [2.45, 2.75) is 32.9 Å². The first-order chi connectivity index (χ1) is 8.27. The summed E-state index contributed by atoms with van der Waals surface area (Å²) in [7, 11) is 0. The van der Waals surface area contributed by atoms with E-state index in [2.05, 4.69) is 30.5 Å². The van der Waals surface area contributed by atoms with E-state index in [1.54, 1.807) is 0 Å². The Kier molecular flexibility index (Phi) is 7.32. The van der Waals surface area contributed by atoms with E-state index < -0.39 is 0 Å². The lowest BCUT2D eigenvalue weighted by atomic mass is 10.2. The van der Waals surface area contributed by atoms with Gasteiger partial charge in [-0.15, -0.1) is 0 Å². The zero-order valence-electron chi connectivity index (χ0n) is 10.7. The van der Waals surface area contributed by atoms with E-state index in [-0.39, 0.29) is 0 Å². The zero-order valence-corrected chi connectivity index (χ0v) is 11.5. The summed E-state index contributed by atoms with van der Waals surface area (Å²) < 4.78 is 1.95. The lowest BCUT2D eigenvalue weighted by molar-refractivity contribution is 0.296. The molecule has 0 saturated carbocycles. The van der Waals surface area contributed by atoms with Crippen molar-refractivity contribution >= 4 is 11.8 Å². The third-order valence-electron chi connectivity index (χ3n) is 2.62. The summed E-state index contributed by atoms with van der Waals surface area (Å²) in [6.45, 7) is 6.47. The third-order valence-corrected chi connectivity index (χ3v) is 3.69. The summed E-state index contributed by atoms with van der Waals surface area (Å²) in [5.74, 6) is 2.13. The van der Waals surface area contributed by atoms with E-state index in [4.69, 9.17) is 5.11 Å². The molecule has 0 spiro atoms. The number of hydrogen-bond acceptors (Lipinski definition) is 4. The average molecular weight is 257 g/mol. The number of aliphatic hydroxyl groups is 1. The van der Waals surface area contributed by atoms with Gasteiger partial charge in [0.15, 0.2) is 0 Å². The smallest absolute Gasteiger partial charge is 0.0537 e. The molecule has 1 unspecified atom stereocenters. The van der Waals surface area contributed by atoms with Gasteiger partial charge < -0.3 is 10.4 Å². The minimum Gasteiger partial charge on any atom is -0.396 e. The van der Waals surface area contributed by atoms with Crippen molar-refractivity contribution < 1.29 is 5.11 Å². The normalized spacial score (nSPS) is 12.9. The van der Waals surface area contributed by atoms with Gasteiger partial charge in [0.25, 0.3) is 0 Å². The van der Waals surface area contributed by atoms with Crippen molar-refractivity contribution in [3.63, 3.8) is 0 Å². The molecule has 5 heteroatoms. The van der Waals surface area contributed by atoms with Crippen LogP contribution in [0, 0.1) is 0 Å². The third kappa shape index (κ3) is 5.57. The van der Waals surface area contributed by atoms with Gasteiger partial charge in [-0.25, -0.2) is 0 Å². The topological polar surface area (TPSA) is 50.1 Å². The van der Waals surface area contributed by atoms with Crippen molar-refractivity contribution in [2.24, 2.45) is 0 Å². The van der Waals surface area contributed by atoms with Crippen molar-refractivity contribution in [3.8, 4) is 0 Å². The summed E-state index contributed by atoms with van der Waals surface area (Å²) in [4.78, 5) is 0. The fourth-order valence-electron chi connectivity index (χ4n) is 1.51. The second kappa shape index (κ2) is 8.55. The van der Waals surface area contributed by atoms with Crippen molar-refractivity contribution in [1.29, 1.82) is 0 Å². The van der Waals surface area contributed by atoms with E-state index >= 15 is 0 Å². The largest absolute Gasteiger partial charge is 0.396 e. The lowest BCUT2D eigenvalue weighted by Crippen LogP contribution is -2.21. The quantitative estimate of drug-likeness (QED) is 0.661. The highest BCUT2D eigenvalue weighted by atomic mass is 32.2. The molecule has 1 rings (SSSR count). The minimum atomic E-state index is 0.299. The van der Waals surface area contributed by atoms with Crippen LogP contribution < -0.4 is 5.32 Å². The average Bonchev–Trinajstić information content (AvgIpc) is 2.82. The van der Waals surface area contributed by atoms with E-state index in [9.17, 15) is 0 Å². The maximum absolute atomic E-state index is 8.65. The van der Waals surface area contributed by atoms with Gasteiger partial charge in [0.1, 0.15) is 0 Å². The fraction of sp³-hybridized carbons (Fsp3) is 0.750. The van der Waals surface area contributed by atoms with Gasteiger partial charge in [-0.3, -0.25) is 4.68 Å². The molecule has 1 aromatic rings. The maximum Gasteiger partial charge on any atom is 0.0537 e. The Labute approximate surface area is 108 Å². The number of nitrogens with zero attached hydrogens (tertiary/aromatic N) is 2. The van der Waals surface area contributed by atoms with Crippen LogP contribution in [0.2, 0.25) is 0 Å². The molecule has 0 aliphatic rings. The van der Waals surface area contributed by atoms with Gasteiger partial charge in [0.05, 0.1) is 6.20 Å². The second-order valence-electron chi connectivity index (χ2n) is 3.99. The maximum atomic E-state index is 8.65. The Morgan fingerprint density at radius 2 is 2.35 bits per heavy atom. The number of thioether (sulfide) groups is 1. The van der Waals surface area contributed by atoms with E-state index in [0.717, 1.165) is 31.0 Å². The highest BCUT2D eigenvalue weighted by Gasteiger charge is 2.06. The number of aliphatic hydroxyl groups excluding tert-OH is 1. The van der Waals surface area contributed by atoms with Crippen molar-refractivity contribution in [3.05, 3.63) is 18.0 Å². The molecule has 0 radical (unpaired) electrons. The summed E-state index contributed by atoms with van der Waals surface area (Å²) in [6.07, 6.45) is 4.92. The molecule has 0 fully saturated rings. The summed E-state index contributed by atoms with van der Waals surface area (Å²) in [5.41, 5.74) is 1.24. The first-order valence-electron chi connectivity index (χ1n) is 6.22. The molecule has 0 aromatic carbocycles. The zero-order chi connectivity index (χ0) is 12.5. The number of aryl methyl sites for hydroxylation is 1. The molecule has 1 atom stereocenters. The first-order valence-corrected chi connectivity index (χ1v) is 7.37. The molecule has 0 bridgehead atoms. The van der Waals surface area contributed by atoms with Crippen LogP contribution in [-0.2, 0) is 6.54 Å². The van der Waals surface area contributed by atoms with Crippen LogP contribution >= 0.6 is 11.8 Å². The van der Waals surface area contributed by atoms with Gasteiger partial charge in [-0.2, -0.15) is 16.9 Å². The van der Waals surface area contributed by atoms with Crippen LogP contribution in [-0.4, -0.2) is 39.5 Å². The van der Waals surface area contributed by atoms with Gasteiger partial charge >= 0.3 is 0 Å². The molecule has 0 aliphatic heterocycles. The molecule has 0 saturated heterocycles. The van der Waals surface area contributed by atoms with E-state index in [1.807, 2.05) is 22.6 Å². The molecule has 1 aromatic heterocycles. The molecule has 17 heavy (non-hydrogen) atoms. The fourth-order valence-corrected chi connectivity index (χ4v) is 2.31. The summed E-state index contributed by atoms with van der Waals surface area (Å²) >= 11 is 1.88. The predicted octanol–water partition coefficient (Wildman–Crippen LogP) is 1.67. The number of hydrogen-bond donors (Lipinski definition) is 2. The molecule has 0 aliphatic carbocycles. The molecule has 98 valence electrons. The van der Waals surface area contributed by atoms with Crippen LogP contribution in [0.15, 0.2) is 12.4 Å². The lowest BCUT2D eigenvalue weighted by Gasteiger charge is -2.11. The molecular formula is C12H23N3OS. The van der Waals surface area contributed by atoms with Crippen molar-refractivity contribution in [1.82, 2.24) is 15.1 Å². The van der Waals surface area contributed by atoms with Crippen LogP contribution in [0.1, 0.15) is 31.9 Å². The summed E-state index contributed by atoms with van der Waals surface area (Å²) in [6, 6.07) is 0.355. The molecule has 1 heterocycles. The van der Waals surface area contributed by atoms with Crippen LogP contribution in [0.25, 0.3) is 0 Å². The van der Waals surface area contributed by atoms with Gasteiger partial charge in [0.2, 0.25) is 0 Å². The predicted molar refractivity (Wildman–Crippen MR) is 73.3 cm³/mol. The Bertz CT molecular complexity index is 304. The van der Waals surface area contributed by atoms with Gasteiger partial charge in [-0.05, 0) is 26.0 Å². The van der Waals surface area contributed by atoms with Crippen LogP contribution in [0.5, 0.6) is 0 Å². The number of rotatable bonds is 9. The Morgan fingerprint density at radius 3 is 3.00 bits per heavy atom. The van der Waals surface area contributed by atoms with E-state index in [0.29, 0.717) is 12.6 Å². The monoisotopic (exact) mass is 257 g/mol. The van der Waals surface area contributed by atoms with Gasteiger partial charge in [-0.1, -0.05) is 0 Å². The highest BCUT2D eigenvalue weighted by molar-refractivity contribution is 7.99. The number of nitrogens with one attached hydrogen (secondary N) is 1. The second-order valence-corrected chi connectivity index (χ2v) is 5.22. The first kappa shape index (κ1) is 14.5. The van der Waals surface area contributed by atoms with Crippen molar-refractivity contribution in [2.75, 3.05) is 24.7 Å². The molecule has 4 nitrogen and oxygen atoms in total. The molecule has 0 amide bonds. The Balaban J connectivity index is 2.14. The van der Waals surface area contributed by atoms with Crippen LogP contribution in [0.3, 0.4) is 0 Å². The SMILES string of the molecule is CCn1cc(C(C)NCCSCCCO)cn1. The summed E-state index contributed by atoms with van der Waals surface area (Å²) in [5, 5.41) is 16.4. The molecular weight excluding hydrogens is 234 g/mol. The Morgan fingerprint density at radius 1 is 1.53 bits per heavy atom. The van der Waals surface area contributed by atoms with Gasteiger partial charge in [0, 0.05) is 43.3 Å². The highest BCUT2D eigenvalue weighted by Crippen LogP contribution is 2.11. The Hall–Kier alpha value is -0.520. The molecule has 2 N–H and O–H groups in total. The standard InChI is InChI=1S/C12H23N3OS/c1-3-15-10-12(9-14-15)11(2)13-5-8-17-7-4-6-16/h9-11,13,16H,3-8H2,1-2H3. The number of aromatic nitrogens is 2.